The number of carbonyl (C=O) groups excluding carboxylic acids is 1. The lowest BCUT2D eigenvalue weighted by atomic mass is 10.1. The first-order valence-electron chi connectivity index (χ1n) is 6.01. The van der Waals surface area contributed by atoms with Crippen molar-refractivity contribution in [2.75, 3.05) is 25.0 Å². The van der Waals surface area contributed by atoms with Gasteiger partial charge in [0.05, 0.1) is 0 Å². The van der Waals surface area contributed by atoms with Crippen molar-refractivity contribution in [3.8, 4) is 0 Å². The Hall–Kier alpha value is -1.55. The number of amides is 2. The average Bonchev–Trinajstić information content (AvgIpc) is 2.79. The van der Waals surface area contributed by atoms with Crippen LogP contribution < -0.4 is 5.32 Å². The van der Waals surface area contributed by atoms with E-state index in [1.54, 1.807) is 0 Å². The van der Waals surface area contributed by atoms with Gasteiger partial charge in [-0.15, -0.1) is 0 Å². The molecule has 0 aromatic heterocycles. The maximum absolute atomic E-state index is 11.9. The summed E-state index contributed by atoms with van der Waals surface area (Å²) >= 11 is 0. The number of aliphatic hydroxyl groups excluding tert-OH is 1. The van der Waals surface area contributed by atoms with Gasteiger partial charge in [-0.3, -0.25) is 0 Å². The number of nitrogens with zero attached hydrogens (tertiary/aromatic N) is 1. The van der Waals surface area contributed by atoms with E-state index in [2.05, 4.69) is 5.32 Å². The Morgan fingerprint density at radius 3 is 2.88 bits per heavy atom. The third-order valence-corrected chi connectivity index (χ3v) is 3.14. The fourth-order valence-corrected chi connectivity index (χ4v) is 2.16. The summed E-state index contributed by atoms with van der Waals surface area (Å²) in [7, 11) is 0. The average molecular weight is 234 g/mol. The van der Waals surface area contributed by atoms with E-state index >= 15 is 0 Å². The van der Waals surface area contributed by atoms with Crippen LogP contribution in [0.4, 0.5) is 10.5 Å². The molecular formula is C13H18N2O2. The molecule has 1 aromatic carbocycles. The zero-order valence-electron chi connectivity index (χ0n) is 9.80. The molecule has 1 aliphatic rings. The van der Waals surface area contributed by atoms with Crippen molar-refractivity contribution in [3.63, 3.8) is 0 Å². The Kier molecular flexibility index (Phi) is 3.98. The van der Waals surface area contributed by atoms with Crippen molar-refractivity contribution in [1.82, 2.24) is 4.90 Å². The van der Waals surface area contributed by atoms with Crippen LogP contribution in [0.1, 0.15) is 12.8 Å². The molecule has 1 aromatic rings. The van der Waals surface area contributed by atoms with Gasteiger partial charge in [0, 0.05) is 25.4 Å². The van der Waals surface area contributed by atoms with Gasteiger partial charge in [0.25, 0.3) is 0 Å². The van der Waals surface area contributed by atoms with Crippen LogP contribution in [0.3, 0.4) is 0 Å². The molecule has 1 saturated heterocycles. The van der Waals surface area contributed by atoms with Crippen LogP contribution in [0.2, 0.25) is 0 Å². The molecule has 2 rings (SSSR count). The molecule has 0 radical (unpaired) electrons. The molecule has 4 heteroatoms. The lowest BCUT2D eigenvalue weighted by Crippen LogP contribution is -2.33. The highest BCUT2D eigenvalue weighted by atomic mass is 16.3. The highest BCUT2D eigenvalue weighted by Crippen LogP contribution is 2.20. The molecule has 1 heterocycles. The number of para-hydroxylation sites is 1. The van der Waals surface area contributed by atoms with Crippen LogP contribution in [-0.4, -0.2) is 35.7 Å². The van der Waals surface area contributed by atoms with Gasteiger partial charge in [0.1, 0.15) is 0 Å². The normalized spacial score (nSPS) is 19.4. The predicted octanol–water partition coefficient (Wildman–Crippen LogP) is 1.92. The van der Waals surface area contributed by atoms with Gasteiger partial charge in [0.2, 0.25) is 0 Å². The number of hydrogen-bond donors (Lipinski definition) is 2. The second kappa shape index (κ2) is 5.68. The van der Waals surface area contributed by atoms with Crippen LogP contribution in [0.5, 0.6) is 0 Å². The molecule has 2 amide bonds. The molecule has 1 fully saturated rings. The first kappa shape index (κ1) is 11.9. The van der Waals surface area contributed by atoms with Gasteiger partial charge in [-0.25, -0.2) is 4.79 Å². The Morgan fingerprint density at radius 2 is 2.18 bits per heavy atom. The van der Waals surface area contributed by atoms with Crippen LogP contribution in [0.15, 0.2) is 30.3 Å². The minimum Gasteiger partial charge on any atom is -0.396 e. The maximum Gasteiger partial charge on any atom is 0.321 e. The molecule has 92 valence electrons. The third-order valence-electron chi connectivity index (χ3n) is 3.14. The molecule has 4 nitrogen and oxygen atoms in total. The number of benzene rings is 1. The van der Waals surface area contributed by atoms with Crippen molar-refractivity contribution in [2.24, 2.45) is 5.92 Å². The van der Waals surface area contributed by atoms with E-state index in [1.807, 2.05) is 35.2 Å². The molecule has 0 spiro atoms. The number of urea groups is 1. The largest absolute Gasteiger partial charge is 0.396 e. The van der Waals surface area contributed by atoms with Crippen LogP contribution in [0.25, 0.3) is 0 Å². The molecule has 0 saturated carbocycles. The van der Waals surface area contributed by atoms with E-state index in [1.165, 1.54) is 0 Å². The Morgan fingerprint density at radius 1 is 1.41 bits per heavy atom. The predicted molar refractivity (Wildman–Crippen MR) is 66.8 cm³/mol. The molecule has 0 bridgehead atoms. The molecule has 2 N–H and O–H groups in total. The van der Waals surface area contributed by atoms with Gasteiger partial charge in [-0.2, -0.15) is 0 Å². The summed E-state index contributed by atoms with van der Waals surface area (Å²) in [6.45, 7) is 1.74. The number of nitrogens with one attached hydrogen (secondary N) is 1. The van der Waals surface area contributed by atoms with Crippen LogP contribution in [0, 0.1) is 5.92 Å². The van der Waals surface area contributed by atoms with E-state index in [-0.39, 0.29) is 12.6 Å². The summed E-state index contributed by atoms with van der Waals surface area (Å²) in [5.74, 6) is 0.446. The van der Waals surface area contributed by atoms with Gasteiger partial charge >= 0.3 is 6.03 Å². The van der Waals surface area contributed by atoms with E-state index in [9.17, 15) is 4.79 Å². The van der Waals surface area contributed by atoms with Gasteiger partial charge in [-0.1, -0.05) is 18.2 Å². The monoisotopic (exact) mass is 234 g/mol. The molecule has 1 aliphatic heterocycles. The highest BCUT2D eigenvalue weighted by Gasteiger charge is 2.25. The lowest BCUT2D eigenvalue weighted by molar-refractivity contribution is 0.217. The number of anilines is 1. The highest BCUT2D eigenvalue weighted by molar-refractivity contribution is 5.89. The van der Waals surface area contributed by atoms with Crippen LogP contribution in [-0.2, 0) is 0 Å². The summed E-state index contributed by atoms with van der Waals surface area (Å²) in [6.07, 6.45) is 1.78. The third kappa shape index (κ3) is 3.20. The second-order valence-corrected chi connectivity index (χ2v) is 4.41. The zero-order chi connectivity index (χ0) is 12.1. The summed E-state index contributed by atoms with van der Waals surface area (Å²) < 4.78 is 0. The standard InChI is InChI=1S/C13H18N2O2/c16-9-7-11-6-8-15(10-11)13(17)14-12-4-2-1-3-5-12/h1-5,11,16H,6-10H2,(H,14,17). The Labute approximate surface area is 101 Å². The summed E-state index contributed by atoms with van der Waals surface area (Å²) in [6, 6.07) is 9.42. The minimum atomic E-state index is -0.0448. The quantitative estimate of drug-likeness (QED) is 0.839. The number of hydrogen-bond acceptors (Lipinski definition) is 2. The summed E-state index contributed by atoms with van der Waals surface area (Å²) in [5, 5.41) is 11.7. The second-order valence-electron chi connectivity index (χ2n) is 4.41. The topological polar surface area (TPSA) is 52.6 Å². The fourth-order valence-electron chi connectivity index (χ4n) is 2.16. The summed E-state index contributed by atoms with van der Waals surface area (Å²) in [4.78, 5) is 13.7. The van der Waals surface area contributed by atoms with Gasteiger partial charge < -0.3 is 15.3 Å². The minimum absolute atomic E-state index is 0.0448. The van der Waals surface area contributed by atoms with Crippen molar-refractivity contribution in [2.45, 2.75) is 12.8 Å². The number of aliphatic hydroxyl groups is 1. The van der Waals surface area contributed by atoms with Crippen molar-refractivity contribution >= 4 is 11.7 Å². The Balaban J connectivity index is 1.85. The SMILES string of the molecule is O=C(Nc1ccccc1)N1CCC(CCO)C1. The van der Waals surface area contributed by atoms with Crippen LogP contribution >= 0.6 is 0 Å². The first-order chi connectivity index (χ1) is 8.29. The van der Waals surface area contributed by atoms with Gasteiger partial charge in [-0.05, 0) is 30.9 Å². The zero-order valence-corrected chi connectivity index (χ0v) is 9.80. The number of likely N-dealkylation sites (tertiary alicyclic amines) is 1. The van der Waals surface area contributed by atoms with Gasteiger partial charge in [0.15, 0.2) is 0 Å². The molecule has 17 heavy (non-hydrogen) atoms. The first-order valence-corrected chi connectivity index (χ1v) is 6.01. The van der Waals surface area contributed by atoms with E-state index in [0.29, 0.717) is 5.92 Å². The summed E-state index contributed by atoms with van der Waals surface area (Å²) in [5.41, 5.74) is 0.822. The van der Waals surface area contributed by atoms with E-state index < -0.39 is 0 Å². The fraction of sp³-hybridized carbons (Fsp3) is 0.462. The number of carbonyl (C=O) groups is 1. The van der Waals surface area contributed by atoms with E-state index in [4.69, 9.17) is 5.11 Å². The maximum atomic E-state index is 11.9. The van der Waals surface area contributed by atoms with Crippen molar-refractivity contribution in [3.05, 3.63) is 30.3 Å². The molecule has 0 aliphatic carbocycles. The van der Waals surface area contributed by atoms with Crippen molar-refractivity contribution in [1.29, 1.82) is 0 Å². The van der Waals surface area contributed by atoms with Crippen molar-refractivity contribution < 1.29 is 9.90 Å². The smallest absolute Gasteiger partial charge is 0.321 e. The number of rotatable bonds is 3. The Bertz CT molecular complexity index is 367. The van der Waals surface area contributed by atoms with E-state index in [0.717, 1.165) is 31.6 Å². The molecule has 1 unspecified atom stereocenters. The molecule has 1 atom stereocenters. The lowest BCUT2D eigenvalue weighted by Gasteiger charge is -2.17. The molecular weight excluding hydrogens is 216 g/mol.